The fraction of sp³-hybridized carbons (Fsp3) is 0.714. The van der Waals surface area contributed by atoms with Crippen molar-refractivity contribution in [2.24, 2.45) is 0 Å². The lowest BCUT2D eigenvalue weighted by Crippen LogP contribution is -2.58. The third-order valence-corrected chi connectivity index (χ3v) is 4.01. The van der Waals surface area contributed by atoms with E-state index >= 15 is 0 Å². The zero-order valence-electron chi connectivity index (χ0n) is 12.4. The van der Waals surface area contributed by atoms with E-state index in [1.54, 1.807) is 11.8 Å². The largest absolute Gasteiger partial charge is 0.337 e. The number of hydrogen-bond acceptors (Lipinski definition) is 5. The minimum Gasteiger partial charge on any atom is -0.337 e. The van der Waals surface area contributed by atoms with Crippen LogP contribution in [0.4, 0.5) is 0 Å². The van der Waals surface area contributed by atoms with E-state index in [4.69, 9.17) is 4.52 Å². The summed E-state index contributed by atoms with van der Waals surface area (Å²) >= 11 is 0. The average molecular weight is 292 g/mol. The second-order valence-corrected chi connectivity index (χ2v) is 5.78. The van der Waals surface area contributed by atoms with Gasteiger partial charge in [-0.25, -0.2) is 0 Å². The topological polar surface area (TPSA) is 79.5 Å². The highest BCUT2D eigenvalue weighted by atomic mass is 16.5. The summed E-state index contributed by atoms with van der Waals surface area (Å²) in [5.41, 5.74) is 0. The van der Waals surface area contributed by atoms with Crippen molar-refractivity contribution in [1.29, 1.82) is 0 Å². The molecule has 7 nitrogen and oxygen atoms in total. The molecule has 0 N–H and O–H groups in total. The number of amides is 2. The van der Waals surface area contributed by atoms with Crippen LogP contribution in [0.15, 0.2) is 4.52 Å². The first-order valence-corrected chi connectivity index (χ1v) is 7.51. The molecule has 1 aromatic heterocycles. The van der Waals surface area contributed by atoms with Crippen molar-refractivity contribution in [2.45, 2.75) is 51.6 Å². The number of rotatable bonds is 5. The van der Waals surface area contributed by atoms with Crippen LogP contribution in [0.3, 0.4) is 0 Å². The van der Waals surface area contributed by atoms with E-state index in [2.05, 4.69) is 10.1 Å². The summed E-state index contributed by atoms with van der Waals surface area (Å²) < 4.78 is 5.20. The molecule has 2 heterocycles. The van der Waals surface area contributed by atoms with E-state index < -0.39 is 6.04 Å². The van der Waals surface area contributed by atoms with Crippen molar-refractivity contribution >= 4 is 11.8 Å². The number of aromatic nitrogens is 2. The van der Waals surface area contributed by atoms with Gasteiger partial charge in [-0.1, -0.05) is 12.1 Å². The molecule has 1 saturated heterocycles. The van der Waals surface area contributed by atoms with Crippen molar-refractivity contribution in [3.63, 3.8) is 0 Å². The first kappa shape index (κ1) is 14.0. The maximum Gasteiger partial charge on any atom is 0.246 e. The second kappa shape index (κ2) is 5.46. The van der Waals surface area contributed by atoms with E-state index in [-0.39, 0.29) is 24.9 Å². The average Bonchev–Trinajstić information content (AvgIpc) is 3.21. The van der Waals surface area contributed by atoms with Gasteiger partial charge in [-0.3, -0.25) is 9.59 Å². The normalized spacial score (nSPS) is 23.0. The third kappa shape index (κ3) is 2.77. The fourth-order valence-electron chi connectivity index (χ4n) is 2.62. The van der Waals surface area contributed by atoms with Crippen LogP contribution in [0.5, 0.6) is 0 Å². The Hall–Kier alpha value is -1.92. The fourth-order valence-corrected chi connectivity index (χ4v) is 2.62. The number of carbonyl (C=O) groups excluding carboxylic acids is 2. The molecule has 1 atom stereocenters. The summed E-state index contributed by atoms with van der Waals surface area (Å²) in [6.45, 7) is 4.72. The molecule has 21 heavy (non-hydrogen) atoms. The van der Waals surface area contributed by atoms with Crippen molar-refractivity contribution in [1.82, 2.24) is 19.9 Å². The Kier molecular flexibility index (Phi) is 3.65. The van der Waals surface area contributed by atoms with E-state index in [9.17, 15) is 9.59 Å². The van der Waals surface area contributed by atoms with Crippen molar-refractivity contribution in [3.05, 3.63) is 11.7 Å². The number of nitrogens with zero attached hydrogens (tertiary/aromatic N) is 4. The van der Waals surface area contributed by atoms with Crippen molar-refractivity contribution in [3.8, 4) is 0 Å². The molecule has 3 rings (SSSR count). The van der Waals surface area contributed by atoms with Crippen LogP contribution in [0.25, 0.3) is 0 Å². The lowest BCUT2D eigenvalue weighted by Gasteiger charge is -2.37. The molecule has 2 amide bonds. The molecular weight excluding hydrogens is 272 g/mol. The van der Waals surface area contributed by atoms with Crippen LogP contribution in [-0.4, -0.2) is 50.9 Å². The Bertz CT molecular complexity index is 552. The highest BCUT2D eigenvalue weighted by molar-refractivity contribution is 5.94. The molecule has 0 radical (unpaired) electrons. The quantitative estimate of drug-likeness (QED) is 0.806. The van der Waals surface area contributed by atoms with Gasteiger partial charge < -0.3 is 14.3 Å². The molecule has 114 valence electrons. The Balaban J connectivity index is 1.69. The Morgan fingerprint density at radius 3 is 2.76 bits per heavy atom. The van der Waals surface area contributed by atoms with Gasteiger partial charge in [0.05, 0.1) is 6.54 Å². The van der Waals surface area contributed by atoms with Crippen LogP contribution in [-0.2, 0) is 16.1 Å². The standard InChI is InChI=1S/C14H20N4O3/c1-3-6-17-8-12(19)18(9(2)14(17)20)7-11-15-13(16-21-11)10-4-5-10/h9-10H,3-8H2,1-2H3/t9-/m0/s1. The molecule has 7 heteroatoms. The molecular formula is C14H20N4O3. The smallest absolute Gasteiger partial charge is 0.246 e. The van der Waals surface area contributed by atoms with Gasteiger partial charge >= 0.3 is 0 Å². The first-order chi connectivity index (χ1) is 10.1. The van der Waals surface area contributed by atoms with Crippen LogP contribution >= 0.6 is 0 Å². The van der Waals surface area contributed by atoms with E-state index in [1.807, 2.05) is 6.92 Å². The van der Waals surface area contributed by atoms with Crippen molar-refractivity contribution in [2.75, 3.05) is 13.1 Å². The van der Waals surface area contributed by atoms with Gasteiger partial charge in [0.25, 0.3) is 0 Å². The monoisotopic (exact) mass is 292 g/mol. The van der Waals surface area contributed by atoms with E-state index in [0.717, 1.165) is 25.1 Å². The van der Waals surface area contributed by atoms with Gasteiger partial charge in [0.15, 0.2) is 5.82 Å². The Morgan fingerprint density at radius 1 is 1.33 bits per heavy atom. The summed E-state index contributed by atoms with van der Waals surface area (Å²) in [6.07, 6.45) is 3.05. The van der Waals surface area contributed by atoms with E-state index in [0.29, 0.717) is 18.4 Å². The number of carbonyl (C=O) groups is 2. The summed E-state index contributed by atoms with van der Waals surface area (Å²) in [6, 6.07) is -0.478. The van der Waals surface area contributed by atoms with Crippen LogP contribution < -0.4 is 0 Å². The summed E-state index contributed by atoms with van der Waals surface area (Å²) in [5.74, 6) is 1.47. The Morgan fingerprint density at radius 2 is 2.10 bits per heavy atom. The molecule has 0 spiro atoms. The van der Waals surface area contributed by atoms with Gasteiger partial charge in [0.1, 0.15) is 12.6 Å². The van der Waals surface area contributed by atoms with E-state index in [1.165, 1.54) is 4.90 Å². The Labute approximate surface area is 123 Å². The minimum atomic E-state index is -0.478. The summed E-state index contributed by atoms with van der Waals surface area (Å²) in [4.78, 5) is 31.9. The van der Waals surface area contributed by atoms with Crippen molar-refractivity contribution < 1.29 is 14.1 Å². The van der Waals surface area contributed by atoms with Crippen LogP contribution in [0.1, 0.15) is 50.7 Å². The number of piperazine rings is 1. The molecule has 2 aliphatic rings. The number of hydrogen-bond donors (Lipinski definition) is 0. The molecule has 2 fully saturated rings. The zero-order chi connectivity index (χ0) is 15.0. The molecule has 1 aliphatic carbocycles. The molecule has 0 unspecified atom stereocenters. The maximum atomic E-state index is 12.3. The maximum absolute atomic E-state index is 12.3. The third-order valence-electron chi connectivity index (χ3n) is 4.01. The zero-order valence-corrected chi connectivity index (χ0v) is 12.4. The summed E-state index contributed by atoms with van der Waals surface area (Å²) in [5, 5.41) is 3.94. The predicted octanol–water partition coefficient (Wildman–Crippen LogP) is 0.916. The molecule has 1 aliphatic heterocycles. The minimum absolute atomic E-state index is 0.0154. The highest BCUT2D eigenvalue weighted by Gasteiger charge is 2.37. The lowest BCUT2D eigenvalue weighted by molar-refractivity contribution is -0.156. The molecule has 0 bridgehead atoms. The van der Waals surface area contributed by atoms with Gasteiger partial charge in [0.2, 0.25) is 17.7 Å². The van der Waals surface area contributed by atoms with Gasteiger partial charge in [-0.05, 0) is 26.2 Å². The lowest BCUT2D eigenvalue weighted by atomic mass is 10.1. The van der Waals surface area contributed by atoms with Crippen LogP contribution in [0.2, 0.25) is 0 Å². The van der Waals surface area contributed by atoms with Gasteiger partial charge in [0, 0.05) is 12.5 Å². The SMILES string of the molecule is CCCN1CC(=O)N(Cc2nc(C3CC3)no2)[C@@H](C)C1=O. The predicted molar refractivity (Wildman–Crippen MR) is 73.2 cm³/mol. The first-order valence-electron chi connectivity index (χ1n) is 7.51. The van der Waals surface area contributed by atoms with Gasteiger partial charge in [-0.2, -0.15) is 4.98 Å². The summed E-state index contributed by atoms with van der Waals surface area (Å²) in [7, 11) is 0. The second-order valence-electron chi connectivity index (χ2n) is 5.78. The molecule has 1 saturated carbocycles. The molecule has 1 aromatic rings. The molecule has 0 aromatic carbocycles. The van der Waals surface area contributed by atoms with Crippen LogP contribution in [0, 0.1) is 0 Å². The highest BCUT2D eigenvalue weighted by Crippen LogP contribution is 2.38. The van der Waals surface area contributed by atoms with Gasteiger partial charge in [-0.15, -0.1) is 0 Å².